The number of tetrazole rings is 1. The lowest BCUT2D eigenvalue weighted by atomic mass is 9.94. The molecule has 0 saturated carbocycles. The van der Waals surface area contributed by atoms with Crippen LogP contribution < -0.4 is 5.32 Å². The molecule has 1 atom stereocenters. The highest BCUT2D eigenvalue weighted by molar-refractivity contribution is 7.99. The summed E-state index contributed by atoms with van der Waals surface area (Å²) in [6.45, 7) is 0. The summed E-state index contributed by atoms with van der Waals surface area (Å²) in [5.41, 5.74) is 0.181. The van der Waals surface area contributed by atoms with E-state index < -0.39 is 5.54 Å². The SMILES string of the molecule is CNC(C#N)(CSc1nnnn1C)c1ccccc1. The third-order valence-electron chi connectivity index (χ3n) is 2.88. The Hall–Kier alpha value is -1.91. The summed E-state index contributed by atoms with van der Waals surface area (Å²) in [7, 11) is 3.56. The first-order valence-electron chi connectivity index (χ1n) is 5.73. The fraction of sp³-hybridized carbons (Fsp3) is 0.333. The Kier molecular flexibility index (Phi) is 4.14. The molecular weight excluding hydrogens is 260 g/mol. The number of hydrogen-bond acceptors (Lipinski definition) is 6. The predicted molar refractivity (Wildman–Crippen MR) is 72.3 cm³/mol. The van der Waals surface area contributed by atoms with Gasteiger partial charge in [0.15, 0.2) is 0 Å². The Morgan fingerprint density at radius 3 is 2.68 bits per heavy atom. The van der Waals surface area contributed by atoms with Gasteiger partial charge >= 0.3 is 0 Å². The van der Waals surface area contributed by atoms with Gasteiger partial charge in [-0.3, -0.25) is 5.32 Å². The highest BCUT2D eigenvalue weighted by Crippen LogP contribution is 2.27. The number of nitriles is 1. The van der Waals surface area contributed by atoms with Crippen molar-refractivity contribution in [1.82, 2.24) is 25.5 Å². The number of aryl methyl sites for hydroxylation is 1. The van der Waals surface area contributed by atoms with Gasteiger partial charge in [0.05, 0.1) is 6.07 Å². The molecule has 7 heteroatoms. The average Bonchev–Trinajstić information content (AvgIpc) is 2.87. The van der Waals surface area contributed by atoms with Gasteiger partial charge < -0.3 is 0 Å². The molecule has 0 aliphatic rings. The minimum atomic E-state index is -0.752. The van der Waals surface area contributed by atoms with Crippen LogP contribution in [0.2, 0.25) is 0 Å². The molecule has 1 N–H and O–H groups in total. The summed E-state index contributed by atoms with van der Waals surface area (Å²) >= 11 is 1.45. The van der Waals surface area contributed by atoms with Gasteiger partial charge in [0.1, 0.15) is 5.54 Å². The summed E-state index contributed by atoms with van der Waals surface area (Å²) in [4.78, 5) is 0. The van der Waals surface area contributed by atoms with E-state index in [4.69, 9.17) is 0 Å². The zero-order valence-corrected chi connectivity index (χ0v) is 11.6. The van der Waals surface area contributed by atoms with E-state index in [0.29, 0.717) is 10.9 Å². The molecule has 0 spiro atoms. The van der Waals surface area contributed by atoms with Gasteiger partial charge in [-0.15, -0.1) is 5.10 Å². The molecule has 0 amide bonds. The number of benzene rings is 1. The number of rotatable bonds is 5. The van der Waals surface area contributed by atoms with Crippen LogP contribution in [0.5, 0.6) is 0 Å². The van der Waals surface area contributed by atoms with E-state index in [9.17, 15) is 5.26 Å². The molecule has 0 aliphatic heterocycles. The molecule has 2 aromatic rings. The highest BCUT2D eigenvalue weighted by Gasteiger charge is 2.31. The maximum absolute atomic E-state index is 9.54. The van der Waals surface area contributed by atoms with Gasteiger partial charge in [-0.05, 0) is 23.0 Å². The molecule has 1 unspecified atom stereocenters. The van der Waals surface area contributed by atoms with Crippen LogP contribution in [-0.4, -0.2) is 33.0 Å². The molecule has 1 aromatic carbocycles. The van der Waals surface area contributed by atoms with E-state index in [1.807, 2.05) is 30.3 Å². The van der Waals surface area contributed by atoms with Crippen LogP contribution in [0.15, 0.2) is 35.5 Å². The van der Waals surface area contributed by atoms with Crippen LogP contribution >= 0.6 is 11.8 Å². The predicted octanol–water partition coefficient (Wildman–Crippen LogP) is 0.941. The van der Waals surface area contributed by atoms with Crippen molar-refractivity contribution in [2.45, 2.75) is 10.7 Å². The second kappa shape index (κ2) is 5.82. The quantitative estimate of drug-likeness (QED) is 0.817. The third kappa shape index (κ3) is 2.75. The van der Waals surface area contributed by atoms with Crippen molar-refractivity contribution in [3.8, 4) is 6.07 Å². The lowest BCUT2D eigenvalue weighted by Gasteiger charge is -2.25. The van der Waals surface area contributed by atoms with Crippen LogP contribution in [0, 0.1) is 11.3 Å². The van der Waals surface area contributed by atoms with Crippen molar-refractivity contribution < 1.29 is 0 Å². The van der Waals surface area contributed by atoms with Crippen molar-refractivity contribution in [2.75, 3.05) is 12.8 Å². The summed E-state index contributed by atoms with van der Waals surface area (Å²) in [5.74, 6) is 0.526. The molecule has 0 radical (unpaired) electrons. The van der Waals surface area contributed by atoms with E-state index in [-0.39, 0.29) is 0 Å². The highest BCUT2D eigenvalue weighted by atomic mass is 32.2. The van der Waals surface area contributed by atoms with Crippen molar-refractivity contribution in [1.29, 1.82) is 5.26 Å². The van der Waals surface area contributed by atoms with Crippen LogP contribution in [0.3, 0.4) is 0 Å². The van der Waals surface area contributed by atoms with E-state index in [1.165, 1.54) is 11.8 Å². The molecule has 1 heterocycles. The smallest absolute Gasteiger partial charge is 0.209 e. The number of nitrogens with one attached hydrogen (secondary N) is 1. The van der Waals surface area contributed by atoms with E-state index in [0.717, 1.165) is 5.56 Å². The Morgan fingerprint density at radius 2 is 2.16 bits per heavy atom. The Labute approximate surface area is 115 Å². The Balaban J connectivity index is 2.22. The van der Waals surface area contributed by atoms with Gasteiger partial charge in [-0.1, -0.05) is 42.1 Å². The van der Waals surface area contributed by atoms with Gasteiger partial charge in [-0.2, -0.15) is 5.26 Å². The number of thioether (sulfide) groups is 1. The normalized spacial score (nSPS) is 13.7. The first-order chi connectivity index (χ1) is 9.22. The Morgan fingerprint density at radius 1 is 1.42 bits per heavy atom. The summed E-state index contributed by atoms with van der Waals surface area (Å²) in [6, 6.07) is 12.0. The first-order valence-corrected chi connectivity index (χ1v) is 6.71. The molecule has 0 fully saturated rings. The molecule has 0 saturated heterocycles. The first kappa shape index (κ1) is 13.5. The molecule has 2 rings (SSSR count). The van der Waals surface area contributed by atoms with Gasteiger partial charge in [0, 0.05) is 12.8 Å². The maximum Gasteiger partial charge on any atom is 0.209 e. The zero-order valence-electron chi connectivity index (χ0n) is 10.7. The largest absolute Gasteiger partial charge is 0.298 e. The fourth-order valence-electron chi connectivity index (χ4n) is 1.69. The number of nitrogens with zero attached hydrogens (tertiary/aromatic N) is 5. The summed E-state index contributed by atoms with van der Waals surface area (Å²) < 4.78 is 1.59. The van der Waals surface area contributed by atoms with Crippen LogP contribution in [-0.2, 0) is 12.6 Å². The van der Waals surface area contributed by atoms with E-state index in [1.54, 1.807) is 18.8 Å². The molecule has 6 nitrogen and oxygen atoms in total. The zero-order chi connectivity index (χ0) is 13.7. The molecular formula is C12H14N6S. The maximum atomic E-state index is 9.54. The van der Waals surface area contributed by atoms with Crippen LogP contribution in [0.1, 0.15) is 5.56 Å². The fourth-order valence-corrected chi connectivity index (χ4v) is 2.73. The van der Waals surface area contributed by atoms with Crippen molar-refractivity contribution in [3.05, 3.63) is 35.9 Å². The van der Waals surface area contributed by atoms with Crippen molar-refractivity contribution in [2.24, 2.45) is 7.05 Å². The Bertz CT molecular complexity index is 575. The van der Waals surface area contributed by atoms with Crippen molar-refractivity contribution in [3.63, 3.8) is 0 Å². The molecule has 0 bridgehead atoms. The van der Waals surface area contributed by atoms with Crippen LogP contribution in [0.4, 0.5) is 0 Å². The number of aromatic nitrogens is 4. The van der Waals surface area contributed by atoms with E-state index >= 15 is 0 Å². The topological polar surface area (TPSA) is 79.4 Å². The average molecular weight is 274 g/mol. The summed E-state index contributed by atoms with van der Waals surface area (Å²) in [6.07, 6.45) is 0. The third-order valence-corrected chi connectivity index (χ3v) is 4.06. The number of hydrogen-bond donors (Lipinski definition) is 1. The molecule has 1 aromatic heterocycles. The molecule has 19 heavy (non-hydrogen) atoms. The van der Waals surface area contributed by atoms with Gasteiger partial charge in [0.2, 0.25) is 5.16 Å². The monoisotopic (exact) mass is 274 g/mol. The summed E-state index contributed by atoms with van der Waals surface area (Å²) in [5, 5.41) is 24.6. The molecule has 0 aliphatic carbocycles. The van der Waals surface area contributed by atoms with Crippen molar-refractivity contribution >= 4 is 11.8 Å². The lowest BCUT2D eigenvalue weighted by Crippen LogP contribution is -2.41. The second-order valence-corrected chi connectivity index (χ2v) is 4.95. The second-order valence-electron chi connectivity index (χ2n) is 4.01. The van der Waals surface area contributed by atoms with Gasteiger partial charge in [0.25, 0.3) is 0 Å². The van der Waals surface area contributed by atoms with Crippen LogP contribution in [0.25, 0.3) is 0 Å². The minimum absolute atomic E-state index is 0.526. The minimum Gasteiger partial charge on any atom is -0.298 e. The lowest BCUT2D eigenvalue weighted by molar-refractivity contribution is 0.526. The standard InChI is InChI=1S/C12H14N6S/c1-14-12(8-13,10-6-4-3-5-7-10)9-19-11-15-16-17-18(11)2/h3-7,14H,9H2,1-2H3. The van der Waals surface area contributed by atoms with E-state index in [2.05, 4.69) is 26.9 Å². The van der Waals surface area contributed by atoms with Gasteiger partial charge in [-0.25, -0.2) is 4.68 Å². The molecule has 98 valence electrons.